The van der Waals surface area contributed by atoms with Crippen LogP contribution >= 0.6 is 15.9 Å². The van der Waals surface area contributed by atoms with Gasteiger partial charge in [0.25, 0.3) is 0 Å². The van der Waals surface area contributed by atoms with E-state index in [2.05, 4.69) is 27.0 Å². The number of ether oxygens (including phenoxy) is 1. The monoisotopic (exact) mass is 281 g/mol. The summed E-state index contributed by atoms with van der Waals surface area (Å²) in [5.74, 6) is 0.625. The van der Waals surface area contributed by atoms with E-state index in [1.165, 1.54) is 0 Å². The summed E-state index contributed by atoms with van der Waals surface area (Å²) in [6.45, 7) is 0. The second-order valence-electron chi connectivity index (χ2n) is 3.30. The average Bonchev–Trinajstić information content (AvgIpc) is 2.26. The summed E-state index contributed by atoms with van der Waals surface area (Å²) in [6, 6.07) is 5.63. The van der Waals surface area contributed by atoms with Crippen molar-refractivity contribution in [3.63, 3.8) is 0 Å². The molecule has 1 aromatic carbocycles. The number of methoxy groups -OCH3 is 1. The smallest absolute Gasteiger partial charge is 0.134 e. The average molecular weight is 282 g/mol. The third-order valence-electron chi connectivity index (χ3n) is 1.84. The summed E-state index contributed by atoms with van der Waals surface area (Å²) in [5.41, 5.74) is 1.08. The lowest BCUT2D eigenvalue weighted by Gasteiger charge is -2.07. The van der Waals surface area contributed by atoms with Gasteiger partial charge >= 0.3 is 0 Å². The van der Waals surface area contributed by atoms with Gasteiger partial charge in [-0.1, -0.05) is 0 Å². The Morgan fingerprint density at radius 1 is 1.50 bits per heavy atom. The molecule has 0 N–H and O–H groups in total. The number of nitriles is 1. The van der Waals surface area contributed by atoms with Gasteiger partial charge in [-0.2, -0.15) is 5.26 Å². The first kappa shape index (κ1) is 12.5. The molecule has 0 bridgehead atoms. The minimum atomic E-state index is 0.470. The van der Waals surface area contributed by atoms with E-state index in [0.29, 0.717) is 21.5 Å². The predicted molar refractivity (Wildman–Crippen MR) is 67.2 cm³/mol. The number of halogens is 1. The molecule has 0 unspecified atom stereocenters. The van der Waals surface area contributed by atoms with Crippen molar-refractivity contribution in [2.75, 3.05) is 21.2 Å². The van der Waals surface area contributed by atoms with Crippen molar-refractivity contribution >= 4 is 28.0 Å². The molecular weight excluding hydrogens is 270 g/mol. The van der Waals surface area contributed by atoms with Crippen molar-refractivity contribution in [3.05, 3.63) is 22.2 Å². The van der Waals surface area contributed by atoms with Gasteiger partial charge in [0.05, 0.1) is 29.2 Å². The molecule has 1 aromatic rings. The fourth-order valence-corrected chi connectivity index (χ4v) is 1.68. The fourth-order valence-electron chi connectivity index (χ4n) is 1.10. The lowest BCUT2D eigenvalue weighted by atomic mass is 10.2. The van der Waals surface area contributed by atoms with Crippen LogP contribution in [0, 0.1) is 11.3 Å². The lowest BCUT2D eigenvalue weighted by molar-refractivity contribution is 0.412. The molecule has 0 spiro atoms. The van der Waals surface area contributed by atoms with E-state index in [1.807, 2.05) is 14.1 Å². The Balaban J connectivity index is 3.22. The lowest BCUT2D eigenvalue weighted by Crippen LogP contribution is -2.07. The normalized spacial score (nSPS) is 10.2. The topological polar surface area (TPSA) is 48.6 Å². The second-order valence-corrected chi connectivity index (χ2v) is 4.09. The molecule has 0 saturated heterocycles. The Morgan fingerprint density at radius 2 is 2.19 bits per heavy atom. The summed E-state index contributed by atoms with van der Waals surface area (Å²) in [7, 11) is 5.30. The quantitative estimate of drug-likeness (QED) is 0.632. The summed E-state index contributed by atoms with van der Waals surface area (Å²) >= 11 is 3.32. The van der Waals surface area contributed by atoms with Gasteiger partial charge < -0.3 is 9.64 Å². The van der Waals surface area contributed by atoms with Crippen LogP contribution in [0.15, 0.2) is 21.6 Å². The first-order valence-electron chi connectivity index (χ1n) is 4.57. The molecule has 5 heteroatoms. The maximum absolute atomic E-state index is 9.06. The number of benzene rings is 1. The summed E-state index contributed by atoms with van der Waals surface area (Å²) < 4.78 is 5.74. The molecule has 0 radical (unpaired) electrons. The van der Waals surface area contributed by atoms with E-state index >= 15 is 0 Å². The molecule has 0 aliphatic carbocycles. The molecule has 0 aliphatic rings. The molecule has 0 heterocycles. The molecule has 1 rings (SSSR count). The van der Waals surface area contributed by atoms with Gasteiger partial charge in [0.15, 0.2) is 0 Å². The van der Waals surface area contributed by atoms with Crippen molar-refractivity contribution < 1.29 is 4.74 Å². The molecule has 84 valence electrons. The Labute approximate surface area is 103 Å². The highest BCUT2D eigenvalue weighted by atomic mass is 79.9. The van der Waals surface area contributed by atoms with Crippen LogP contribution in [0.3, 0.4) is 0 Å². The maximum atomic E-state index is 9.06. The van der Waals surface area contributed by atoms with Gasteiger partial charge in [0, 0.05) is 14.1 Å². The minimum Gasteiger partial charge on any atom is -0.496 e. The molecular formula is C11H12BrN3O. The molecule has 0 atom stereocenters. The van der Waals surface area contributed by atoms with Gasteiger partial charge in [-0.05, 0) is 28.1 Å². The molecule has 4 nitrogen and oxygen atoms in total. The molecule has 16 heavy (non-hydrogen) atoms. The number of hydrogen-bond donors (Lipinski definition) is 0. The van der Waals surface area contributed by atoms with Crippen LogP contribution < -0.4 is 4.74 Å². The van der Waals surface area contributed by atoms with Gasteiger partial charge in [0.1, 0.15) is 11.8 Å². The van der Waals surface area contributed by atoms with Crippen LogP contribution in [0.4, 0.5) is 5.69 Å². The first-order chi connectivity index (χ1) is 7.60. The Morgan fingerprint density at radius 3 is 2.69 bits per heavy atom. The second kappa shape index (κ2) is 5.52. The van der Waals surface area contributed by atoms with Crippen LogP contribution in [0.25, 0.3) is 0 Å². The predicted octanol–water partition coefficient (Wildman–Crippen LogP) is 2.55. The molecule has 0 fully saturated rings. The number of aliphatic imine (C=N–C) groups is 1. The Bertz CT molecular complexity index is 449. The number of hydrogen-bond acceptors (Lipinski definition) is 3. The van der Waals surface area contributed by atoms with Gasteiger partial charge in [-0.25, -0.2) is 4.99 Å². The number of rotatable bonds is 3. The van der Waals surface area contributed by atoms with Crippen LogP contribution in [0.1, 0.15) is 5.56 Å². The van der Waals surface area contributed by atoms with Crippen molar-refractivity contribution in [1.82, 2.24) is 4.90 Å². The van der Waals surface area contributed by atoms with E-state index in [9.17, 15) is 0 Å². The number of nitrogens with zero attached hydrogens (tertiary/aromatic N) is 3. The zero-order chi connectivity index (χ0) is 12.1. The van der Waals surface area contributed by atoms with E-state index < -0.39 is 0 Å². The summed E-state index contributed by atoms with van der Waals surface area (Å²) in [6.07, 6.45) is 1.65. The summed E-state index contributed by atoms with van der Waals surface area (Å²) in [4.78, 5) is 6.01. The molecule has 0 aromatic heterocycles. The third kappa shape index (κ3) is 2.74. The van der Waals surface area contributed by atoms with Crippen LogP contribution in [0.2, 0.25) is 0 Å². The third-order valence-corrected chi connectivity index (χ3v) is 2.63. The molecule has 0 saturated carbocycles. The van der Waals surface area contributed by atoms with E-state index in [-0.39, 0.29) is 0 Å². The van der Waals surface area contributed by atoms with Crippen LogP contribution in [-0.2, 0) is 0 Å². The highest BCUT2D eigenvalue weighted by Gasteiger charge is 2.10. The zero-order valence-corrected chi connectivity index (χ0v) is 10.9. The summed E-state index contributed by atoms with van der Waals surface area (Å²) in [5, 5.41) is 9.06. The minimum absolute atomic E-state index is 0.470. The standard InChI is InChI=1S/C11H12BrN3O/c1-15(2)7-14-9-4-5-10(16-3)11(12)8(9)6-13/h4-5,7H,1-3H3. The highest BCUT2D eigenvalue weighted by molar-refractivity contribution is 9.10. The van der Waals surface area contributed by atoms with Gasteiger partial charge in [-0.3, -0.25) is 0 Å². The molecule has 0 aliphatic heterocycles. The van der Waals surface area contributed by atoms with E-state index in [0.717, 1.165) is 0 Å². The van der Waals surface area contributed by atoms with Crippen LogP contribution in [-0.4, -0.2) is 32.4 Å². The van der Waals surface area contributed by atoms with Crippen molar-refractivity contribution in [2.45, 2.75) is 0 Å². The highest BCUT2D eigenvalue weighted by Crippen LogP contribution is 2.34. The Kier molecular flexibility index (Phi) is 4.32. The van der Waals surface area contributed by atoms with E-state index in [1.54, 1.807) is 30.5 Å². The first-order valence-corrected chi connectivity index (χ1v) is 5.36. The van der Waals surface area contributed by atoms with Crippen LogP contribution in [0.5, 0.6) is 5.75 Å². The molecule has 0 amide bonds. The fraction of sp³-hybridized carbons (Fsp3) is 0.273. The largest absolute Gasteiger partial charge is 0.496 e. The van der Waals surface area contributed by atoms with Crippen molar-refractivity contribution in [2.24, 2.45) is 4.99 Å². The van der Waals surface area contributed by atoms with Crippen molar-refractivity contribution in [1.29, 1.82) is 5.26 Å². The zero-order valence-electron chi connectivity index (χ0n) is 9.36. The maximum Gasteiger partial charge on any atom is 0.134 e. The van der Waals surface area contributed by atoms with Crippen molar-refractivity contribution in [3.8, 4) is 11.8 Å². The van der Waals surface area contributed by atoms with Gasteiger partial charge in [0.2, 0.25) is 0 Å². The Hall–Kier alpha value is -1.54. The SMILES string of the molecule is COc1ccc(N=CN(C)C)c(C#N)c1Br. The van der Waals surface area contributed by atoms with E-state index in [4.69, 9.17) is 10.00 Å². The van der Waals surface area contributed by atoms with Gasteiger partial charge in [-0.15, -0.1) is 0 Å².